The Kier molecular flexibility index (Phi) is 3.28. The van der Waals surface area contributed by atoms with Crippen LogP contribution in [0.1, 0.15) is 19.3 Å². The molecule has 1 aliphatic heterocycles. The maximum atomic E-state index is 10.9. The summed E-state index contributed by atoms with van der Waals surface area (Å²) >= 11 is 0. The molecule has 0 aromatic heterocycles. The van der Waals surface area contributed by atoms with Gasteiger partial charge in [0.15, 0.2) is 0 Å². The molecule has 7 nitrogen and oxygen atoms in total. The van der Waals surface area contributed by atoms with Gasteiger partial charge in [0, 0.05) is 18.1 Å². The van der Waals surface area contributed by atoms with E-state index in [1.54, 1.807) is 0 Å². The van der Waals surface area contributed by atoms with Crippen molar-refractivity contribution in [3.63, 3.8) is 0 Å². The number of carbonyl (C=O) groups excluding carboxylic acids is 1. The van der Waals surface area contributed by atoms with Crippen molar-refractivity contribution in [2.45, 2.75) is 25.0 Å². The Bertz CT molecular complexity index is 370. The average molecular weight is 230 g/mol. The molecule has 1 rings (SSSR count). The van der Waals surface area contributed by atoms with Gasteiger partial charge < -0.3 is 20.1 Å². The molecular formula is C9H10O7. The molecule has 0 aromatic carbocycles. The lowest BCUT2D eigenvalue weighted by molar-refractivity contribution is -0.182. The van der Waals surface area contributed by atoms with Gasteiger partial charge in [0.2, 0.25) is 5.79 Å². The Hall–Kier alpha value is -1.89. The van der Waals surface area contributed by atoms with Crippen LogP contribution in [0.5, 0.6) is 0 Å². The summed E-state index contributed by atoms with van der Waals surface area (Å²) in [6.45, 7) is 0. The topological polar surface area (TPSA) is 121 Å². The molecule has 0 saturated carbocycles. The minimum Gasteiger partial charge on any atom is -0.481 e. The highest BCUT2D eigenvalue weighted by Crippen LogP contribution is 2.33. The molecule has 1 heterocycles. The van der Waals surface area contributed by atoms with Gasteiger partial charge in [0.1, 0.15) is 0 Å². The molecule has 1 aliphatic rings. The highest BCUT2D eigenvalue weighted by Gasteiger charge is 2.43. The van der Waals surface area contributed by atoms with Gasteiger partial charge >= 0.3 is 17.9 Å². The molecule has 0 spiro atoms. The summed E-state index contributed by atoms with van der Waals surface area (Å²) in [5.74, 6) is -5.39. The number of rotatable bonds is 4. The number of cyclic esters (lactones) is 1. The van der Waals surface area contributed by atoms with Gasteiger partial charge in [0.25, 0.3) is 0 Å². The Morgan fingerprint density at radius 3 is 2.56 bits per heavy atom. The smallest absolute Gasteiger partial charge is 0.328 e. The van der Waals surface area contributed by atoms with Crippen molar-refractivity contribution in [3.8, 4) is 0 Å². The number of ether oxygens (including phenoxy) is 1. The Labute approximate surface area is 89.9 Å². The van der Waals surface area contributed by atoms with E-state index in [-0.39, 0.29) is 18.4 Å². The minimum atomic E-state index is -2.10. The van der Waals surface area contributed by atoms with Crippen LogP contribution in [0.2, 0.25) is 0 Å². The van der Waals surface area contributed by atoms with Crippen LogP contribution < -0.4 is 0 Å². The number of carbonyl (C=O) groups is 3. The fourth-order valence-corrected chi connectivity index (χ4v) is 1.38. The van der Waals surface area contributed by atoms with E-state index in [0.29, 0.717) is 6.08 Å². The van der Waals surface area contributed by atoms with Gasteiger partial charge in [-0.25, -0.2) is 4.79 Å². The van der Waals surface area contributed by atoms with Crippen molar-refractivity contribution in [1.82, 2.24) is 0 Å². The third-order valence-electron chi connectivity index (χ3n) is 2.09. The zero-order valence-corrected chi connectivity index (χ0v) is 8.17. The monoisotopic (exact) mass is 230 g/mol. The molecule has 0 aliphatic carbocycles. The largest absolute Gasteiger partial charge is 0.481 e. The van der Waals surface area contributed by atoms with Crippen LogP contribution in [-0.2, 0) is 19.1 Å². The highest BCUT2D eigenvalue weighted by atomic mass is 16.7. The molecule has 0 radical (unpaired) electrons. The lowest BCUT2D eigenvalue weighted by Gasteiger charge is -2.21. The van der Waals surface area contributed by atoms with Crippen molar-refractivity contribution < 1.29 is 34.4 Å². The fraction of sp³-hybridized carbons (Fsp3) is 0.444. The number of carboxylic acid groups (broad SMARTS) is 2. The first-order valence-electron chi connectivity index (χ1n) is 4.43. The first kappa shape index (κ1) is 12.2. The Balaban J connectivity index is 2.86. The summed E-state index contributed by atoms with van der Waals surface area (Å²) in [5.41, 5.74) is -0.133. The van der Waals surface area contributed by atoms with Crippen LogP contribution in [0.4, 0.5) is 0 Å². The van der Waals surface area contributed by atoms with Gasteiger partial charge in [-0.1, -0.05) is 0 Å². The van der Waals surface area contributed by atoms with E-state index < -0.39 is 30.1 Å². The number of hydrogen-bond donors (Lipinski definition) is 3. The molecular weight excluding hydrogens is 220 g/mol. The molecule has 0 aromatic rings. The molecule has 3 N–H and O–H groups in total. The number of hydrogen-bond acceptors (Lipinski definition) is 5. The first-order chi connectivity index (χ1) is 7.33. The zero-order chi connectivity index (χ0) is 12.3. The van der Waals surface area contributed by atoms with Crippen molar-refractivity contribution in [1.29, 1.82) is 0 Å². The Morgan fingerprint density at radius 2 is 2.06 bits per heavy atom. The van der Waals surface area contributed by atoms with Gasteiger partial charge in [-0.15, -0.1) is 0 Å². The summed E-state index contributed by atoms with van der Waals surface area (Å²) < 4.78 is 4.53. The summed E-state index contributed by atoms with van der Waals surface area (Å²) in [4.78, 5) is 31.7. The lowest BCUT2D eigenvalue weighted by Crippen LogP contribution is -2.31. The third-order valence-corrected chi connectivity index (χ3v) is 2.09. The first-order valence-corrected chi connectivity index (χ1v) is 4.43. The van der Waals surface area contributed by atoms with Crippen molar-refractivity contribution in [2.75, 3.05) is 0 Å². The maximum absolute atomic E-state index is 10.9. The number of carboxylic acids is 2. The summed E-state index contributed by atoms with van der Waals surface area (Å²) in [6.07, 6.45) is -0.483. The van der Waals surface area contributed by atoms with Crippen molar-refractivity contribution in [3.05, 3.63) is 11.6 Å². The van der Waals surface area contributed by atoms with Gasteiger partial charge in [-0.2, -0.15) is 0 Å². The van der Waals surface area contributed by atoms with E-state index >= 15 is 0 Å². The average Bonchev–Trinajstić information content (AvgIpc) is 2.38. The Morgan fingerprint density at radius 1 is 1.44 bits per heavy atom. The normalized spacial score (nSPS) is 26.8. The second kappa shape index (κ2) is 4.31. The van der Waals surface area contributed by atoms with Crippen LogP contribution >= 0.6 is 0 Å². The van der Waals surface area contributed by atoms with Crippen molar-refractivity contribution in [2.24, 2.45) is 0 Å². The van der Waals surface area contributed by atoms with E-state index in [1.807, 2.05) is 0 Å². The molecule has 0 bridgehead atoms. The number of aliphatic hydroxyl groups is 1. The fourth-order valence-electron chi connectivity index (χ4n) is 1.38. The molecule has 1 fully saturated rings. The van der Waals surface area contributed by atoms with Crippen LogP contribution in [0, 0.1) is 0 Å². The van der Waals surface area contributed by atoms with Crippen molar-refractivity contribution >= 4 is 17.9 Å². The molecule has 16 heavy (non-hydrogen) atoms. The number of esters is 1. The van der Waals surface area contributed by atoms with E-state index in [9.17, 15) is 19.5 Å². The van der Waals surface area contributed by atoms with Crippen LogP contribution in [0.3, 0.4) is 0 Å². The van der Waals surface area contributed by atoms with E-state index in [1.165, 1.54) is 0 Å². The number of aliphatic carboxylic acids is 2. The second-order valence-electron chi connectivity index (χ2n) is 3.34. The van der Waals surface area contributed by atoms with Gasteiger partial charge in [-0.3, -0.25) is 9.59 Å². The third kappa shape index (κ3) is 2.80. The second-order valence-corrected chi connectivity index (χ2v) is 3.34. The highest BCUT2D eigenvalue weighted by molar-refractivity contribution is 5.85. The summed E-state index contributed by atoms with van der Waals surface area (Å²) in [7, 11) is 0. The molecule has 0 amide bonds. The standard InChI is InChI=1S/C9H10O7/c10-6(11)1-2-9(15)5(3-7(12)13)4-8(14)16-9/h3,15H,1-2,4H2,(H,10,11)(H,12,13)/b5-3+. The van der Waals surface area contributed by atoms with Crippen LogP contribution in [-0.4, -0.2) is 39.0 Å². The SMILES string of the molecule is O=C(O)/C=C1\CC(=O)OC1(O)CCC(=O)O. The molecule has 1 saturated heterocycles. The van der Waals surface area contributed by atoms with E-state index in [2.05, 4.69) is 4.74 Å². The maximum Gasteiger partial charge on any atom is 0.328 e. The predicted molar refractivity (Wildman–Crippen MR) is 48.2 cm³/mol. The molecule has 1 atom stereocenters. The molecule has 1 unspecified atom stereocenters. The van der Waals surface area contributed by atoms with Crippen LogP contribution in [0.25, 0.3) is 0 Å². The quantitative estimate of drug-likeness (QED) is 0.439. The zero-order valence-electron chi connectivity index (χ0n) is 8.17. The van der Waals surface area contributed by atoms with Gasteiger partial charge in [-0.05, 0) is 0 Å². The minimum absolute atomic E-state index is 0.133. The summed E-state index contributed by atoms with van der Waals surface area (Å²) in [6, 6.07) is 0. The lowest BCUT2D eigenvalue weighted by atomic mass is 10.0. The van der Waals surface area contributed by atoms with E-state index in [4.69, 9.17) is 10.2 Å². The van der Waals surface area contributed by atoms with Gasteiger partial charge in [0.05, 0.1) is 12.8 Å². The van der Waals surface area contributed by atoms with E-state index in [0.717, 1.165) is 0 Å². The molecule has 7 heteroatoms. The summed E-state index contributed by atoms with van der Waals surface area (Å²) in [5, 5.41) is 26.7. The predicted octanol–water partition coefficient (Wildman–Crippen LogP) is -0.502. The van der Waals surface area contributed by atoms with Crippen LogP contribution in [0.15, 0.2) is 11.6 Å². The molecule has 88 valence electrons.